The quantitative estimate of drug-likeness (QED) is 0.216. The Morgan fingerprint density at radius 2 is 0.900 bits per heavy atom. The highest BCUT2D eigenvalue weighted by atomic mass is 32.2. The van der Waals surface area contributed by atoms with E-state index in [2.05, 4.69) is 26.0 Å². The van der Waals surface area contributed by atoms with Crippen LogP contribution in [0.3, 0.4) is 0 Å². The van der Waals surface area contributed by atoms with Crippen molar-refractivity contribution in [1.82, 2.24) is 0 Å². The molecule has 6 heteroatoms. The maximum atomic E-state index is 6.02. The molecule has 0 saturated heterocycles. The zero-order valence-corrected chi connectivity index (χ0v) is 20.8. The van der Waals surface area contributed by atoms with Crippen molar-refractivity contribution >= 4 is 35.2 Å². The van der Waals surface area contributed by atoms with E-state index in [0.29, 0.717) is 11.6 Å². The van der Waals surface area contributed by atoms with Gasteiger partial charge in [-0.15, -0.1) is 23.5 Å². The van der Waals surface area contributed by atoms with Crippen LogP contribution in [-0.4, -0.2) is 11.5 Å². The molecule has 0 bridgehead atoms. The van der Waals surface area contributed by atoms with Crippen LogP contribution >= 0.6 is 23.5 Å². The molecule has 0 saturated carbocycles. The van der Waals surface area contributed by atoms with E-state index in [9.17, 15) is 0 Å². The molecule has 1 aromatic carbocycles. The number of thioether (sulfide) groups is 2. The Hall–Kier alpha value is -1.14. The third-order valence-corrected chi connectivity index (χ3v) is 7.50. The molecule has 4 nitrogen and oxygen atoms in total. The maximum Gasteiger partial charge on any atom is 0.102 e. The molecule has 0 atom stereocenters. The summed E-state index contributed by atoms with van der Waals surface area (Å²) in [4.78, 5) is 2.16. The van der Waals surface area contributed by atoms with Crippen LogP contribution in [0.15, 0.2) is 21.9 Å². The third-order valence-electron chi connectivity index (χ3n) is 5.21. The summed E-state index contributed by atoms with van der Waals surface area (Å²) < 4.78 is 0. The van der Waals surface area contributed by atoms with Gasteiger partial charge in [0.05, 0.1) is 0 Å². The minimum absolute atomic E-state index is 0.365. The Morgan fingerprint density at radius 1 is 0.567 bits per heavy atom. The van der Waals surface area contributed by atoms with Crippen molar-refractivity contribution in [2.24, 2.45) is 22.9 Å². The van der Waals surface area contributed by atoms with Gasteiger partial charge in [-0.3, -0.25) is 0 Å². The summed E-state index contributed by atoms with van der Waals surface area (Å²) in [5.41, 5.74) is 24.1. The van der Waals surface area contributed by atoms with Gasteiger partial charge in [-0.2, -0.15) is 0 Å². The van der Waals surface area contributed by atoms with Gasteiger partial charge < -0.3 is 22.9 Å². The van der Waals surface area contributed by atoms with Crippen molar-refractivity contribution in [3.63, 3.8) is 0 Å². The summed E-state index contributed by atoms with van der Waals surface area (Å²) in [6, 6.07) is 4.16. The summed E-state index contributed by atoms with van der Waals surface area (Å²) >= 11 is 3.61. The Bertz CT molecular complexity index is 649. The molecule has 172 valence electrons. The monoisotopic (exact) mass is 452 g/mol. The van der Waals surface area contributed by atoms with Gasteiger partial charge >= 0.3 is 0 Å². The first-order valence-electron chi connectivity index (χ1n) is 11.7. The molecular weight excluding hydrogens is 408 g/mol. The van der Waals surface area contributed by atoms with E-state index in [1.165, 1.54) is 77.0 Å². The highest BCUT2D eigenvalue weighted by molar-refractivity contribution is 7.99. The normalized spacial score (nSPS) is 11.0. The van der Waals surface area contributed by atoms with Crippen LogP contribution in [0.25, 0.3) is 11.6 Å². The van der Waals surface area contributed by atoms with Crippen molar-refractivity contribution in [3.05, 3.63) is 22.6 Å². The van der Waals surface area contributed by atoms with Crippen LogP contribution in [0.4, 0.5) is 0 Å². The Balaban J connectivity index is 2.75. The van der Waals surface area contributed by atoms with Gasteiger partial charge in [0.25, 0.3) is 0 Å². The maximum absolute atomic E-state index is 6.02. The number of benzene rings is 1. The molecule has 0 aliphatic rings. The molecule has 0 aliphatic heterocycles. The van der Waals surface area contributed by atoms with Gasteiger partial charge in [0, 0.05) is 20.2 Å². The summed E-state index contributed by atoms with van der Waals surface area (Å²) in [5.74, 6) is 2.84. The fraction of sp³-hybridized carbons (Fsp3) is 0.667. The molecule has 1 aromatic rings. The molecule has 0 heterocycles. The summed E-state index contributed by atoms with van der Waals surface area (Å²) in [6.45, 7) is 4.50. The van der Waals surface area contributed by atoms with E-state index in [1.54, 1.807) is 23.5 Å². The molecule has 0 amide bonds. The minimum atomic E-state index is 0.365. The first kappa shape index (κ1) is 26.9. The number of rotatable bonds is 16. The molecule has 0 spiro atoms. The molecule has 0 fully saturated rings. The van der Waals surface area contributed by atoms with E-state index < -0.39 is 0 Å². The van der Waals surface area contributed by atoms with Crippen LogP contribution in [0.2, 0.25) is 0 Å². The standard InChI is InChI=1S/C24H44N4S2/c1-3-5-7-9-11-13-15-29-21-17-20(24(27)28)22(18-19(21)23(25)26)30-16-14-12-10-8-6-4-2/h17-18H,3-16,25-28H2,1-2H3. The van der Waals surface area contributed by atoms with Crippen LogP contribution in [0, 0.1) is 0 Å². The van der Waals surface area contributed by atoms with E-state index in [-0.39, 0.29) is 0 Å². The second-order valence-electron chi connectivity index (χ2n) is 7.99. The van der Waals surface area contributed by atoms with E-state index >= 15 is 0 Å². The number of hydrogen-bond acceptors (Lipinski definition) is 6. The predicted molar refractivity (Wildman–Crippen MR) is 137 cm³/mol. The van der Waals surface area contributed by atoms with E-state index in [1.807, 2.05) is 0 Å². The largest absolute Gasteiger partial charge is 0.385 e. The van der Waals surface area contributed by atoms with Crippen LogP contribution in [0.1, 0.15) is 90.9 Å². The van der Waals surface area contributed by atoms with Crippen molar-refractivity contribution < 1.29 is 0 Å². The fourth-order valence-corrected chi connectivity index (χ4v) is 5.58. The second kappa shape index (κ2) is 16.5. The third kappa shape index (κ3) is 10.8. The molecule has 0 aliphatic carbocycles. The molecular formula is C24H44N4S2. The SMILES string of the molecule is CCCCCCCCSc1cc(=C(N)N)c(SCCCCCCCC)cc1=C(N)N. The van der Waals surface area contributed by atoms with Crippen molar-refractivity contribution in [3.8, 4) is 0 Å². The van der Waals surface area contributed by atoms with Crippen molar-refractivity contribution in [2.45, 2.75) is 101 Å². The van der Waals surface area contributed by atoms with Crippen LogP contribution < -0.4 is 33.4 Å². The Kier molecular flexibility index (Phi) is 14.8. The van der Waals surface area contributed by atoms with Gasteiger partial charge in [-0.05, 0) is 36.5 Å². The number of unbranched alkanes of at least 4 members (excludes halogenated alkanes) is 10. The molecule has 1 rings (SSSR count). The fourth-order valence-electron chi connectivity index (χ4n) is 3.38. The summed E-state index contributed by atoms with van der Waals surface area (Å²) in [5, 5.41) is 1.84. The molecule has 0 unspecified atom stereocenters. The van der Waals surface area contributed by atoms with Crippen LogP contribution in [0.5, 0.6) is 0 Å². The topological polar surface area (TPSA) is 104 Å². The molecule has 8 N–H and O–H groups in total. The van der Waals surface area contributed by atoms with Gasteiger partial charge in [0.15, 0.2) is 0 Å². The molecule has 0 radical (unpaired) electrons. The lowest BCUT2D eigenvalue weighted by atomic mass is 10.1. The van der Waals surface area contributed by atoms with E-state index in [0.717, 1.165) is 31.7 Å². The van der Waals surface area contributed by atoms with Gasteiger partial charge in [0.2, 0.25) is 0 Å². The van der Waals surface area contributed by atoms with Crippen LogP contribution in [-0.2, 0) is 0 Å². The van der Waals surface area contributed by atoms with E-state index in [4.69, 9.17) is 22.9 Å². The van der Waals surface area contributed by atoms with Crippen molar-refractivity contribution in [1.29, 1.82) is 0 Å². The lowest BCUT2D eigenvalue weighted by Gasteiger charge is -2.10. The highest BCUT2D eigenvalue weighted by Gasteiger charge is 2.07. The number of nitrogens with two attached hydrogens (primary N) is 4. The average molecular weight is 453 g/mol. The highest BCUT2D eigenvalue weighted by Crippen LogP contribution is 2.20. The smallest absolute Gasteiger partial charge is 0.102 e. The first-order valence-corrected chi connectivity index (χ1v) is 13.7. The minimum Gasteiger partial charge on any atom is -0.385 e. The zero-order chi connectivity index (χ0) is 22.2. The summed E-state index contributed by atoms with van der Waals surface area (Å²) in [7, 11) is 0. The van der Waals surface area contributed by atoms with Crippen molar-refractivity contribution in [2.75, 3.05) is 11.5 Å². The summed E-state index contributed by atoms with van der Waals surface area (Å²) in [6.07, 6.45) is 15.5. The first-order chi connectivity index (χ1) is 14.5. The van der Waals surface area contributed by atoms with Gasteiger partial charge in [0.1, 0.15) is 11.6 Å². The second-order valence-corrected chi connectivity index (χ2v) is 10.3. The Morgan fingerprint density at radius 3 is 1.23 bits per heavy atom. The lowest BCUT2D eigenvalue weighted by molar-refractivity contribution is 0.627. The predicted octanol–water partition coefficient (Wildman–Crippen LogP) is 4.56. The zero-order valence-electron chi connectivity index (χ0n) is 19.2. The van der Waals surface area contributed by atoms with Gasteiger partial charge in [-0.25, -0.2) is 0 Å². The average Bonchev–Trinajstić information content (AvgIpc) is 2.72. The molecule has 0 aromatic heterocycles. The molecule has 30 heavy (non-hydrogen) atoms. The number of hydrogen-bond donors (Lipinski definition) is 4. The Labute approximate surface area is 192 Å². The van der Waals surface area contributed by atoms with Gasteiger partial charge in [-0.1, -0.05) is 78.1 Å². The lowest BCUT2D eigenvalue weighted by Crippen LogP contribution is -2.28.